The Hall–Kier alpha value is -1.85. The molecular formula is C34H57N3O3. The highest BCUT2D eigenvalue weighted by Gasteiger charge is 2.69. The zero-order chi connectivity index (χ0) is 29.2. The van der Waals surface area contributed by atoms with Gasteiger partial charge in [0.25, 0.3) is 0 Å². The van der Waals surface area contributed by atoms with E-state index in [1.165, 1.54) is 32.1 Å². The molecule has 4 rings (SSSR count). The number of carbonyl (C=O) groups excluding carboxylic acids is 3. The van der Waals surface area contributed by atoms with Crippen LogP contribution in [0.1, 0.15) is 125 Å². The standard InChI is InChI=1S/C34H57N3O3/c1-8-20-34(7)26-21-37(29(28(26)34)22(3)9-2)31(39)30(33(4,5)6)36-32(40)35-27(24-12-10-11-13-24)19-18-25(38)17-16-23-14-15-23/h23-24,26-30H,3,8-21H2,1-2,4-7H3,(H2,35,36,40)/t26-,27?,28-,29?,30?,34?/m0/s1. The molecule has 2 N–H and O–H groups in total. The second-order valence-electron chi connectivity index (χ2n) is 15.0. The second-order valence-corrected chi connectivity index (χ2v) is 15.0. The van der Waals surface area contributed by atoms with Gasteiger partial charge in [0, 0.05) is 25.4 Å². The summed E-state index contributed by atoms with van der Waals surface area (Å²) in [7, 11) is 0. The van der Waals surface area contributed by atoms with E-state index < -0.39 is 11.5 Å². The SMILES string of the molecule is C=C(CC)C1[C@@H]2[C@H](CN1C(=O)C(NC(=O)NC(CCC(=O)CCC1CC1)C1CCCC1)C(C)(C)C)C2(C)CCC. The smallest absolute Gasteiger partial charge is 0.315 e. The van der Waals surface area contributed by atoms with Gasteiger partial charge in [-0.1, -0.05) is 85.8 Å². The summed E-state index contributed by atoms with van der Waals surface area (Å²) in [4.78, 5) is 42.3. The first-order valence-corrected chi connectivity index (χ1v) is 16.5. The van der Waals surface area contributed by atoms with Crippen LogP contribution in [-0.4, -0.2) is 47.3 Å². The number of ketones is 1. The van der Waals surface area contributed by atoms with Crippen LogP contribution >= 0.6 is 0 Å². The molecule has 0 radical (unpaired) electrons. The molecule has 6 atom stereocenters. The van der Waals surface area contributed by atoms with E-state index in [2.05, 4.69) is 38.0 Å². The van der Waals surface area contributed by atoms with E-state index in [-0.39, 0.29) is 24.0 Å². The van der Waals surface area contributed by atoms with Crippen molar-refractivity contribution in [3.63, 3.8) is 0 Å². The quantitative estimate of drug-likeness (QED) is 0.226. The van der Waals surface area contributed by atoms with Gasteiger partial charge in [-0.25, -0.2) is 4.79 Å². The van der Waals surface area contributed by atoms with Crippen LogP contribution < -0.4 is 10.6 Å². The van der Waals surface area contributed by atoms with Crippen molar-refractivity contribution < 1.29 is 14.4 Å². The Kier molecular flexibility index (Phi) is 9.77. The Morgan fingerprint density at radius 2 is 1.70 bits per heavy atom. The van der Waals surface area contributed by atoms with Gasteiger partial charge in [-0.2, -0.15) is 0 Å². The first-order valence-electron chi connectivity index (χ1n) is 16.5. The van der Waals surface area contributed by atoms with Gasteiger partial charge in [0.2, 0.25) is 5.91 Å². The van der Waals surface area contributed by atoms with Crippen LogP contribution in [0.2, 0.25) is 0 Å². The van der Waals surface area contributed by atoms with Crippen molar-refractivity contribution in [2.45, 2.75) is 143 Å². The normalized spacial score (nSPS) is 29.6. The summed E-state index contributed by atoms with van der Waals surface area (Å²) < 4.78 is 0. The molecule has 0 aromatic heterocycles. The molecule has 4 aliphatic rings. The summed E-state index contributed by atoms with van der Waals surface area (Å²) in [6.45, 7) is 18.0. The molecule has 0 spiro atoms. The molecule has 0 aromatic carbocycles. The molecule has 3 amide bonds. The van der Waals surface area contributed by atoms with E-state index in [0.717, 1.165) is 50.1 Å². The van der Waals surface area contributed by atoms with E-state index in [1.54, 1.807) is 0 Å². The Balaban J connectivity index is 1.41. The van der Waals surface area contributed by atoms with Crippen LogP contribution in [0.4, 0.5) is 4.79 Å². The maximum atomic E-state index is 14.2. The number of amides is 3. The van der Waals surface area contributed by atoms with E-state index in [4.69, 9.17) is 0 Å². The lowest BCUT2D eigenvalue weighted by molar-refractivity contribution is -0.137. The highest BCUT2D eigenvalue weighted by molar-refractivity contribution is 5.89. The Morgan fingerprint density at radius 3 is 2.27 bits per heavy atom. The second kappa shape index (κ2) is 12.6. The number of nitrogens with zero attached hydrogens (tertiary/aromatic N) is 1. The first-order chi connectivity index (χ1) is 18.9. The molecule has 3 aliphatic carbocycles. The third-order valence-corrected chi connectivity index (χ3v) is 10.9. The van der Waals surface area contributed by atoms with Crippen molar-refractivity contribution in [2.24, 2.45) is 34.5 Å². The minimum atomic E-state index is -0.626. The van der Waals surface area contributed by atoms with Crippen LogP contribution in [0.15, 0.2) is 12.2 Å². The number of piperidine rings is 1. The lowest BCUT2D eigenvalue weighted by atomic mass is 9.84. The molecule has 0 bridgehead atoms. The Bertz CT molecular complexity index is 945. The summed E-state index contributed by atoms with van der Waals surface area (Å²) in [5.74, 6) is 2.50. The Labute approximate surface area is 243 Å². The van der Waals surface area contributed by atoms with Gasteiger partial charge in [-0.15, -0.1) is 0 Å². The zero-order valence-electron chi connectivity index (χ0n) is 26.3. The van der Waals surface area contributed by atoms with Gasteiger partial charge in [0.1, 0.15) is 11.8 Å². The summed E-state index contributed by atoms with van der Waals surface area (Å²) in [6.07, 6.45) is 13.2. The zero-order valence-corrected chi connectivity index (χ0v) is 26.3. The highest BCUT2D eigenvalue weighted by Crippen LogP contribution is 2.68. The fourth-order valence-electron chi connectivity index (χ4n) is 8.08. The van der Waals surface area contributed by atoms with Crippen molar-refractivity contribution in [1.29, 1.82) is 0 Å². The van der Waals surface area contributed by atoms with Gasteiger partial charge < -0.3 is 15.5 Å². The fourth-order valence-corrected chi connectivity index (χ4v) is 8.08. The average molecular weight is 556 g/mol. The number of Topliss-reactive ketones (excluding diaryl/α,β-unsaturated/α-hetero) is 1. The number of hydrogen-bond acceptors (Lipinski definition) is 3. The number of carbonyl (C=O) groups is 3. The van der Waals surface area contributed by atoms with Crippen molar-refractivity contribution in [1.82, 2.24) is 15.5 Å². The van der Waals surface area contributed by atoms with Gasteiger partial charge >= 0.3 is 6.03 Å². The number of nitrogens with one attached hydrogen (secondary N) is 2. The first kappa shape index (κ1) is 31.1. The Morgan fingerprint density at radius 1 is 1.02 bits per heavy atom. The largest absolute Gasteiger partial charge is 0.335 e. The molecule has 226 valence electrons. The predicted octanol–water partition coefficient (Wildman–Crippen LogP) is 7.03. The molecule has 1 heterocycles. The van der Waals surface area contributed by atoms with Gasteiger partial charge in [-0.3, -0.25) is 9.59 Å². The predicted molar refractivity (Wildman–Crippen MR) is 162 cm³/mol. The molecule has 3 saturated carbocycles. The molecule has 40 heavy (non-hydrogen) atoms. The topological polar surface area (TPSA) is 78.5 Å². The third-order valence-electron chi connectivity index (χ3n) is 10.9. The van der Waals surface area contributed by atoms with Crippen LogP contribution in [0.3, 0.4) is 0 Å². The van der Waals surface area contributed by atoms with E-state index >= 15 is 0 Å². The van der Waals surface area contributed by atoms with Crippen LogP contribution in [0.5, 0.6) is 0 Å². The fraction of sp³-hybridized carbons (Fsp3) is 0.853. The van der Waals surface area contributed by atoms with Crippen molar-refractivity contribution >= 4 is 17.7 Å². The number of urea groups is 1. The van der Waals surface area contributed by atoms with Gasteiger partial charge in [0.05, 0.1) is 6.04 Å². The summed E-state index contributed by atoms with van der Waals surface area (Å²) in [5, 5.41) is 6.36. The van der Waals surface area contributed by atoms with Crippen molar-refractivity contribution in [3.05, 3.63) is 12.2 Å². The number of hydrogen-bond donors (Lipinski definition) is 2. The van der Waals surface area contributed by atoms with Gasteiger partial charge in [-0.05, 0) is 73.0 Å². The lowest BCUT2D eigenvalue weighted by Gasteiger charge is -2.39. The number of rotatable bonds is 14. The molecule has 4 unspecified atom stereocenters. The maximum Gasteiger partial charge on any atom is 0.315 e. The number of fused-ring (bicyclic) bond motifs is 1. The number of likely N-dealkylation sites (tertiary alicyclic amines) is 1. The molecule has 4 fully saturated rings. The van der Waals surface area contributed by atoms with Crippen LogP contribution in [0, 0.1) is 34.5 Å². The maximum absolute atomic E-state index is 14.2. The van der Waals surface area contributed by atoms with E-state index in [1.807, 2.05) is 25.7 Å². The minimum Gasteiger partial charge on any atom is -0.335 e. The highest BCUT2D eigenvalue weighted by atomic mass is 16.2. The third kappa shape index (κ3) is 6.95. The minimum absolute atomic E-state index is 0.0148. The molecule has 0 aromatic rings. The molecule has 1 saturated heterocycles. The average Bonchev–Trinajstić information content (AvgIpc) is 3.64. The summed E-state index contributed by atoms with van der Waals surface area (Å²) in [6, 6.07) is -0.868. The van der Waals surface area contributed by atoms with Crippen LogP contribution in [0.25, 0.3) is 0 Å². The van der Waals surface area contributed by atoms with Gasteiger partial charge in [0.15, 0.2) is 0 Å². The summed E-state index contributed by atoms with van der Waals surface area (Å²) >= 11 is 0. The van der Waals surface area contributed by atoms with E-state index in [9.17, 15) is 14.4 Å². The lowest BCUT2D eigenvalue weighted by Crippen LogP contribution is -2.59. The molecular weight excluding hydrogens is 498 g/mol. The van der Waals surface area contributed by atoms with E-state index in [0.29, 0.717) is 48.2 Å². The monoisotopic (exact) mass is 555 g/mol. The summed E-state index contributed by atoms with van der Waals surface area (Å²) in [5.41, 5.74) is 0.986. The molecule has 6 nitrogen and oxygen atoms in total. The molecule has 6 heteroatoms. The van der Waals surface area contributed by atoms with Crippen molar-refractivity contribution in [3.8, 4) is 0 Å². The van der Waals surface area contributed by atoms with Crippen LogP contribution in [-0.2, 0) is 9.59 Å². The van der Waals surface area contributed by atoms with Crippen molar-refractivity contribution in [2.75, 3.05) is 6.54 Å². The molecule has 1 aliphatic heterocycles.